The maximum absolute atomic E-state index is 10.9. The number of aromatic nitrogens is 2. The molecule has 1 atom stereocenters. The summed E-state index contributed by atoms with van der Waals surface area (Å²) in [6, 6.07) is 0. The molecule has 6 heteroatoms. The highest BCUT2D eigenvalue weighted by atomic mass is 16.5. The lowest BCUT2D eigenvalue weighted by Crippen LogP contribution is -2.38. The van der Waals surface area contributed by atoms with Crippen LogP contribution in [-0.4, -0.2) is 39.2 Å². The molecule has 1 fully saturated rings. The maximum Gasteiger partial charge on any atom is 0.307 e. The van der Waals surface area contributed by atoms with Gasteiger partial charge in [-0.2, -0.15) is 4.98 Å². The number of likely N-dealkylation sites (tertiary alicyclic amines) is 1. The zero-order chi connectivity index (χ0) is 11.5. The second kappa shape index (κ2) is 4.61. The van der Waals surface area contributed by atoms with Crippen LogP contribution in [0.15, 0.2) is 4.52 Å². The average Bonchev–Trinajstić information content (AvgIpc) is 2.64. The summed E-state index contributed by atoms with van der Waals surface area (Å²) in [7, 11) is 0. The largest absolute Gasteiger partial charge is 0.481 e. The molecule has 0 bridgehead atoms. The normalized spacial score (nSPS) is 22.2. The van der Waals surface area contributed by atoms with Gasteiger partial charge in [-0.25, -0.2) is 0 Å². The molecular formula is C10H15N3O3. The monoisotopic (exact) mass is 225 g/mol. The molecule has 0 aromatic carbocycles. The Hall–Kier alpha value is -1.43. The third kappa shape index (κ3) is 2.57. The van der Waals surface area contributed by atoms with E-state index in [-0.39, 0.29) is 5.92 Å². The summed E-state index contributed by atoms with van der Waals surface area (Å²) in [6.07, 6.45) is 1.67. The van der Waals surface area contributed by atoms with Gasteiger partial charge in [-0.15, -0.1) is 0 Å². The van der Waals surface area contributed by atoms with Crippen LogP contribution >= 0.6 is 0 Å². The molecule has 1 aromatic heterocycles. The Morgan fingerprint density at radius 2 is 2.50 bits per heavy atom. The van der Waals surface area contributed by atoms with Crippen LogP contribution in [0.3, 0.4) is 0 Å². The number of hydrogen-bond donors (Lipinski definition) is 1. The molecule has 1 aliphatic heterocycles. The van der Waals surface area contributed by atoms with Gasteiger partial charge in [0, 0.05) is 13.5 Å². The molecule has 1 saturated heterocycles. The number of rotatable bonds is 3. The third-order valence-electron chi connectivity index (χ3n) is 2.79. The summed E-state index contributed by atoms with van der Waals surface area (Å²) in [5.74, 6) is 0.195. The van der Waals surface area contributed by atoms with E-state index in [9.17, 15) is 4.79 Å². The van der Waals surface area contributed by atoms with Crippen molar-refractivity contribution in [2.45, 2.75) is 26.3 Å². The standard InChI is InChI=1S/C10H15N3O3/c1-7-11-9(12-16-7)6-13-4-2-3-8(5-13)10(14)15/h8H,2-6H2,1H3,(H,14,15)/t8-/m1/s1. The summed E-state index contributed by atoms with van der Waals surface area (Å²) in [5, 5.41) is 12.8. The quantitative estimate of drug-likeness (QED) is 0.814. The van der Waals surface area contributed by atoms with Crippen LogP contribution in [0.4, 0.5) is 0 Å². The fraction of sp³-hybridized carbons (Fsp3) is 0.700. The Morgan fingerprint density at radius 1 is 1.69 bits per heavy atom. The Labute approximate surface area is 93.2 Å². The van der Waals surface area contributed by atoms with Gasteiger partial charge in [0.05, 0.1) is 12.5 Å². The van der Waals surface area contributed by atoms with Gasteiger partial charge in [-0.3, -0.25) is 9.69 Å². The Bertz CT molecular complexity index is 377. The minimum atomic E-state index is -0.714. The van der Waals surface area contributed by atoms with Gasteiger partial charge >= 0.3 is 5.97 Å². The van der Waals surface area contributed by atoms with Crippen LogP contribution in [0.2, 0.25) is 0 Å². The minimum absolute atomic E-state index is 0.262. The van der Waals surface area contributed by atoms with E-state index in [0.717, 1.165) is 19.4 Å². The van der Waals surface area contributed by atoms with E-state index in [4.69, 9.17) is 9.63 Å². The number of carboxylic acid groups (broad SMARTS) is 1. The van der Waals surface area contributed by atoms with Crippen molar-refractivity contribution >= 4 is 5.97 Å². The highest BCUT2D eigenvalue weighted by Crippen LogP contribution is 2.17. The zero-order valence-electron chi connectivity index (χ0n) is 9.22. The maximum atomic E-state index is 10.9. The van der Waals surface area contributed by atoms with E-state index in [1.165, 1.54) is 0 Å². The summed E-state index contributed by atoms with van der Waals surface area (Å²) in [5.41, 5.74) is 0. The number of carboxylic acids is 1. The highest BCUT2D eigenvalue weighted by molar-refractivity contribution is 5.70. The molecule has 0 radical (unpaired) electrons. The molecular weight excluding hydrogens is 210 g/mol. The van der Waals surface area contributed by atoms with Crippen molar-refractivity contribution in [3.8, 4) is 0 Å². The van der Waals surface area contributed by atoms with Crippen molar-refractivity contribution in [3.63, 3.8) is 0 Å². The van der Waals surface area contributed by atoms with Crippen LogP contribution in [0.25, 0.3) is 0 Å². The second-order valence-corrected chi connectivity index (χ2v) is 4.14. The molecule has 6 nitrogen and oxygen atoms in total. The van der Waals surface area contributed by atoms with E-state index < -0.39 is 5.97 Å². The van der Waals surface area contributed by atoms with E-state index >= 15 is 0 Å². The molecule has 16 heavy (non-hydrogen) atoms. The summed E-state index contributed by atoms with van der Waals surface area (Å²) < 4.78 is 4.88. The van der Waals surface area contributed by atoms with Crippen LogP contribution in [0.1, 0.15) is 24.6 Å². The predicted molar refractivity (Wildman–Crippen MR) is 54.7 cm³/mol. The Kier molecular flexibility index (Phi) is 3.19. The highest BCUT2D eigenvalue weighted by Gasteiger charge is 2.25. The van der Waals surface area contributed by atoms with Crippen LogP contribution < -0.4 is 0 Å². The fourth-order valence-electron chi connectivity index (χ4n) is 2.01. The second-order valence-electron chi connectivity index (χ2n) is 4.14. The first-order valence-electron chi connectivity index (χ1n) is 5.39. The van der Waals surface area contributed by atoms with Gasteiger partial charge in [0.25, 0.3) is 0 Å². The van der Waals surface area contributed by atoms with Gasteiger partial charge in [0.15, 0.2) is 5.82 Å². The molecule has 88 valence electrons. The molecule has 2 heterocycles. The molecule has 0 unspecified atom stereocenters. The average molecular weight is 225 g/mol. The molecule has 0 spiro atoms. The predicted octanol–water partition coefficient (Wildman–Crippen LogP) is 0.675. The fourth-order valence-corrected chi connectivity index (χ4v) is 2.01. The molecule has 1 aliphatic rings. The van der Waals surface area contributed by atoms with Crippen LogP contribution in [0, 0.1) is 12.8 Å². The SMILES string of the molecule is Cc1nc(CN2CCC[C@@H](C(=O)O)C2)no1. The number of aliphatic carboxylic acids is 1. The first-order valence-corrected chi connectivity index (χ1v) is 5.39. The lowest BCUT2D eigenvalue weighted by molar-refractivity contribution is -0.143. The molecule has 1 aromatic rings. The molecule has 2 rings (SSSR count). The smallest absolute Gasteiger partial charge is 0.307 e. The first kappa shape index (κ1) is 11.1. The molecule has 1 N–H and O–H groups in total. The van der Waals surface area contributed by atoms with Gasteiger partial charge in [-0.1, -0.05) is 5.16 Å². The first-order chi connectivity index (χ1) is 7.65. The summed E-state index contributed by atoms with van der Waals surface area (Å²) in [4.78, 5) is 17.0. The summed E-state index contributed by atoms with van der Waals surface area (Å²) >= 11 is 0. The van der Waals surface area contributed by atoms with Gasteiger partial charge in [-0.05, 0) is 19.4 Å². The van der Waals surface area contributed by atoms with E-state index in [0.29, 0.717) is 24.8 Å². The Morgan fingerprint density at radius 3 is 3.12 bits per heavy atom. The lowest BCUT2D eigenvalue weighted by atomic mass is 9.98. The Balaban J connectivity index is 1.92. The molecule has 0 aliphatic carbocycles. The number of carbonyl (C=O) groups is 1. The lowest BCUT2D eigenvalue weighted by Gasteiger charge is -2.29. The van der Waals surface area contributed by atoms with Crippen LogP contribution in [0.5, 0.6) is 0 Å². The van der Waals surface area contributed by atoms with Gasteiger partial charge in [0.2, 0.25) is 5.89 Å². The topological polar surface area (TPSA) is 79.5 Å². The van der Waals surface area contributed by atoms with Gasteiger partial charge in [0.1, 0.15) is 0 Å². The van der Waals surface area contributed by atoms with E-state index in [2.05, 4.69) is 15.0 Å². The molecule has 0 saturated carbocycles. The number of aryl methyl sites for hydroxylation is 1. The number of hydrogen-bond acceptors (Lipinski definition) is 5. The van der Waals surface area contributed by atoms with Crippen molar-refractivity contribution in [2.75, 3.05) is 13.1 Å². The number of piperidine rings is 1. The van der Waals surface area contributed by atoms with E-state index in [1.54, 1.807) is 6.92 Å². The van der Waals surface area contributed by atoms with Crippen LogP contribution in [-0.2, 0) is 11.3 Å². The van der Waals surface area contributed by atoms with Gasteiger partial charge < -0.3 is 9.63 Å². The third-order valence-corrected chi connectivity index (χ3v) is 2.79. The summed E-state index contributed by atoms with van der Waals surface area (Å²) in [6.45, 7) is 3.79. The van der Waals surface area contributed by atoms with E-state index in [1.807, 2.05) is 0 Å². The van der Waals surface area contributed by atoms with Crippen molar-refractivity contribution in [3.05, 3.63) is 11.7 Å². The van der Waals surface area contributed by atoms with Crippen molar-refractivity contribution in [2.24, 2.45) is 5.92 Å². The minimum Gasteiger partial charge on any atom is -0.481 e. The number of nitrogens with zero attached hydrogens (tertiary/aromatic N) is 3. The van der Waals surface area contributed by atoms with Crippen molar-refractivity contribution < 1.29 is 14.4 Å². The molecule has 0 amide bonds. The zero-order valence-corrected chi connectivity index (χ0v) is 9.22. The van der Waals surface area contributed by atoms with Crippen molar-refractivity contribution in [1.29, 1.82) is 0 Å². The van der Waals surface area contributed by atoms with Crippen molar-refractivity contribution in [1.82, 2.24) is 15.0 Å².